The van der Waals surface area contributed by atoms with Crippen LogP contribution in [0.2, 0.25) is 0 Å². The molecule has 2 N–H and O–H groups in total. The van der Waals surface area contributed by atoms with Gasteiger partial charge in [0.15, 0.2) is 0 Å². The molecule has 0 aliphatic rings. The first-order chi connectivity index (χ1) is 14.6. The second-order valence-corrected chi connectivity index (χ2v) is 6.47. The highest BCUT2D eigenvalue weighted by molar-refractivity contribution is 6.09. The molecule has 3 aromatic carbocycles. The summed E-state index contributed by atoms with van der Waals surface area (Å²) in [5, 5.41) is 5.57. The molecule has 0 radical (unpaired) electrons. The Kier molecular flexibility index (Phi) is 6.95. The molecule has 0 heterocycles. The summed E-state index contributed by atoms with van der Waals surface area (Å²) in [4.78, 5) is 37.5. The molecule has 6 heteroatoms. The average Bonchev–Trinajstić information content (AvgIpc) is 2.75. The summed E-state index contributed by atoms with van der Waals surface area (Å²) in [5.74, 6) is -1.15. The van der Waals surface area contributed by atoms with E-state index in [0.29, 0.717) is 22.5 Å². The van der Waals surface area contributed by atoms with Crippen molar-refractivity contribution >= 4 is 29.2 Å². The Balaban J connectivity index is 1.77. The number of para-hydroxylation sites is 2. The van der Waals surface area contributed by atoms with Crippen LogP contribution in [-0.4, -0.2) is 24.4 Å². The molecule has 6 nitrogen and oxygen atoms in total. The van der Waals surface area contributed by atoms with Gasteiger partial charge in [-0.3, -0.25) is 9.59 Å². The number of esters is 1. The fraction of sp³-hybridized carbons (Fsp3) is 0.125. The van der Waals surface area contributed by atoms with E-state index in [4.69, 9.17) is 4.74 Å². The highest BCUT2D eigenvalue weighted by Crippen LogP contribution is 2.19. The van der Waals surface area contributed by atoms with Gasteiger partial charge in [0.2, 0.25) is 5.91 Å². The highest BCUT2D eigenvalue weighted by atomic mass is 16.5. The molecule has 0 saturated carbocycles. The minimum Gasteiger partial charge on any atom is -0.462 e. The number of benzene rings is 3. The minimum absolute atomic E-state index is 0.0397. The SMILES string of the molecule is CCOC(=O)c1ccccc1NC(=O)c1ccccc1CC(=O)Nc1ccccc1. The van der Waals surface area contributed by atoms with Crippen molar-refractivity contribution in [2.45, 2.75) is 13.3 Å². The predicted molar refractivity (Wildman–Crippen MR) is 116 cm³/mol. The fourth-order valence-electron chi connectivity index (χ4n) is 2.96. The van der Waals surface area contributed by atoms with Crippen LogP contribution in [0.15, 0.2) is 78.9 Å². The van der Waals surface area contributed by atoms with Crippen molar-refractivity contribution in [2.75, 3.05) is 17.2 Å². The van der Waals surface area contributed by atoms with Gasteiger partial charge in [-0.15, -0.1) is 0 Å². The molecular weight excluding hydrogens is 380 g/mol. The van der Waals surface area contributed by atoms with Crippen molar-refractivity contribution in [2.24, 2.45) is 0 Å². The van der Waals surface area contributed by atoms with Crippen molar-refractivity contribution < 1.29 is 19.1 Å². The van der Waals surface area contributed by atoms with E-state index in [1.807, 2.05) is 18.2 Å². The first-order valence-electron chi connectivity index (χ1n) is 9.58. The van der Waals surface area contributed by atoms with Gasteiger partial charge < -0.3 is 15.4 Å². The fourth-order valence-corrected chi connectivity index (χ4v) is 2.96. The van der Waals surface area contributed by atoms with Crippen molar-refractivity contribution in [1.82, 2.24) is 0 Å². The normalized spacial score (nSPS) is 10.2. The number of anilines is 2. The summed E-state index contributed by atoms with van der Waals surface area (Å²) in [6.07, 6.45) is 0.0397. The third kappa shape index (κ3) is 5.32. The lowest BCUT2D eigenvalue weighted by Crippen LogP contribution is -2.20. The maximum atomic E-state index is 12.9. The quantitative estimate of drug-likeness (QED) is 0.577. The topological polar surface area (TPSA) is 84.5 Å². The van der Waals surface area contributed by atoms with Crippen molar-refractivity contribution in [1.29, 1.82) is 0 Å². The molecule has 0 fully saturated rings. The summed E-state index contributed by atoms with van der Waals surface area (Å²) < 4.78 is 5.05. The van der Waals surface area contributed by atoms with E-state index in [-0.39, 0.29) is 24.5 Å². The molecule has 0 aliphatic carbocycles. The number of hydrogen-bond acceptors (Lipinski definition) is 4. The molecule has 0 bridgehead atoms. The average molecular weight is 402 g/mol. The summed E-state index contributed by atoms with van der Waals surface area (Å²) in [7, 11) is 0. The number of carbonyl (C=O) groups is 3. The van der Waals surface area contributed by atoms with E-state index in [2.05, 4.69) is 10.6 Å². The zero-order chi connectivity index (χ0) is 21.3. The first-order valence-corrected chi connectivity index (χ1v) is 9.58. The van der Waals surface area contributed by atoms with Gasteiger partial charge in [-0.25, -0.2) is 4.79 Å². The molecule has 0 unspecified atom stereocenters. The molecule has 0 aromatic heterocycles. The summed E-state index contributed by atoms with van der Waals surface area (Å²) in [5.41, 5.74) is 2.25. The third-order valence-electron chi connectivity index (χ3n) is 4.34. The summed E-state index contributed by atoms with van der Waals surface area (Å²) in [6, 6.07) is 22.6. The van der Waals surface area contributed by atoms with Gasteiger partial charge in [0.25, 0.3) is 5.91 Å². The van der Waals surface area contributed by atoms with E-state index in [9.17, 15) is 14.4 Å². The Bertz CT molecular complexity index is 1050. The van der Waals surface area contributed by atoms with Crippen LogP contribution in [0.3, 0.4) is 0 Å². The van der Waals surface area contributed by atoms with Crippen LogP contribution in [0.1, 0.15) is 33.2 Å². The number of amides is 2. The van der Waals surface area contributed by atoms with E-state index in [0.717, 1.165) is 0 Å². The molecule has 152 valence electrons. The van der Waals surface area contributed by atoms with Gasteiger partial charge in [-0.05, 0) is 42.8 Å². The zero-order valence-corrected chi connectivity index (χ0v) is 16.6. The first kappa shape index (κ1) is 20.8. The molecule has 0 atom stereocenters. The third-order valence-corrected chi connectivity index (χ3v) is 4.34. The Morgan fingerprint density at radius 1 is 0.767 bits per heavy atom. The second kappa shape index (κ2) is 10.0. The summed E-state index contributed by atoms with van der Waals surface area (Å²) in [6.45, 7) is 1.95. The molecule has 0 spiro atoms. The van der Waals surface area contributed by atoms with E-state index < -0.39 is 11.9 Å². The van der Waals surface area contributed by atoms with Gasteiger partial charge in [0, 0.05) is 11.3 Å². The van der Waals surface area contributed by atoms with Crippen LogP contribution < -0.4 is 10.6 Å². The molecule has 3 aromatic rings. The van der Waals surface area contributed by atoms with E-state index >= 15 is 0 Å². The van der Waals surface area contributed by atoms with Crippen molar-refractivity contribution in [3.63, 3.8) is 0 Å². The van der Waals surface area contributed by atoms with Crippen LogP contribution in [0.5, 0.6) is 0 Å². The Morgan fingerprint density at radius 2 is 1.40 bits per heavy atom. The van der Waals surface area contributed by atoms with Gasteiger partial charge >= 0.3 is 5.97 Å². The lowest BCUT2D eigenvalue weighted by molar-refractivity contribution is -0.115. The molecule has 30 heavy (non-hydrogen) atoms. The van der Waals surface area contributed by atoms with Crippen molar-refractivity contribution in [3.8, 4) is 0 Å². The minimum atomic E-state index is -0.510. The lowest BCUT2D eigenvalue weighted by atomic mass is 10.0. The monoisotopic (exact) mass is 402 g/mol. The maximum Gasteiger partial charge on any atom is 0.340 e. The smallest absolute Gasteiger partial charge is 0.340 e. The number of hydrogen-bond donors (Lipinski definition) is 2. The molecule has 0 aliphatic heterocycles. The number of rotatable bonds is 7. The molecule has 0 saturated heterocycles. The van der Waals surface area contributed by atoms with E-state index in [1.54, 1.807) is 67.6 Å². The number of nitrogens with one attached hydrogen (secondary N) is 2. The van der Waals surface area contributed by atoms with Crippen LogP contribution in [-0.2, 0) is 16.0 Å². The Morgan fingerprint density at radius 3 is 2.13 bits per heavy atom. The predicted octanol–water partition coefficient (Wildman–Crippen LogP) is 4.30. The Labute approximate surface area is 174 Å². The lowest BCUT2D eigenvalue weighted by Gasteiger charge is -2.13. The van der Waals surface area contributed by atoms with Gasteiger partial charge in [0.05, 0.1) is 24.3 Å². The zero-order valence-electron chi connectivity index (χ0n) is 16.6. The highest BCUT2D eigenvalue weighted by Gasteiger charge is 2.17. The van der Waals surface area contributed by atoms with Crippen LogP contribution in [0, 0.1) is 0 Å². The van der Waals surface area contributed by atoms with E-state index in [1.165, 1.54) is 0 Å². The standard InChI is InChI=1S/C24H22N2O4/c1-2-30-24(29)20-14-8-9-15-21(20)26-23(28)19-13-7-6-10-17(19)16-22(27)25-18-11-4-3-5-12-18/h3-15H,2,16H2,1H3,(H,25,27)(H,26,28). The number of ether oxygens (including phenoxy) is 1. The van der Waals surface area contributed by atoms with Crippen LogP contribution in [0.4, 0.5) is 11.4 Å². The van der Waals surface area contributed by atoms with Gasteiger partial charge in [-0.2, -0.15) is 0 Å². The maximum absolute atomic E-state index is 12.9. The number of carbonyl (C=O) groups excluding carboxylic acids is 3. The molecule has 2 amide bonds. The molecule has 3 rings (SSSR count). The van der Waals surface area contributed by atoms with Gasteiger partial charge in [0.1, 0.15) is 0 Å². The van der Waals surface area contributed by atoms with Gasteiger partial charge in [-0.1, -0.05) is 48.5 Å². The largest absolute Gasteiger partial charge is 0.462 e. The van der Waals surface area contributed by atoms with Crippen molar-refractivity contribution in [3.05, 3.63) is 95.6 Å². The summed E-state index contributed by atoms with van der Waals surface area (Å²) >= 11 is 0. The Hall–Kier alpha value is -3.93. The van der Waals surface area contributed by atoms with Crippen LogP contribution >= 0.6 is 0 Å². The second-order valence-electron chi connectivity index (χ2n) is 6.47. The van der Waals surface area contributed by atoms with Crippen LogP contribution in [0.25, 0.3) is 0 Å². The molecular formula is C24H22N2O4.